The van der Waals surface area contributed by atoms with Gasteiger partial charge in [-0.1, -0.05) is 6.07 Å². The maximum Gasteiger partial charge on any atom is 0.416 e. The van der Waals surface area contributed by atoms with Gasteiger partial charge in [-0.3, -0.25) is 9.78 Å². The zero-order chi connectivity index (χ0) is 27.0. The fraction of sp³-hybridized carbons (Fsp3) is 0.143. The Bertz CT molecular complexity index is 1690. The maximum atomic E-state index is 13.1. The van der Waals surface area contributed by atoms with Crippen LogP contribution in [0.25, 0.3) is 27.8 Å². The van der Waals surface area contributed by atoms with Crippen LogP contribution in [-0.4, -0.2) is 32.4 Å². The number of methoxy groups -OCH3 is 1. The van der Waals surface area contributed by atoms with E-state index in [1.165, 1.54) is 30.0 Å². The predicted octanol–water partition coefficient (Wildman–Crippen LogP) is 5.66. The van der Waals surface area contributed by atoms with Gasteiger partial charge >= 0.3 is 12.1 Å². The van der Waals surface area contributed by atoms with Gasteiger partial charge in [0.25, 0.3) is 5.56 Å². The molecule has 0 saturated heterocycles. The number of esters is 1. The second-order valence-electron chi connectivity index (χ2n) is 8.62. The Balaban J connectivity index is 1.64. The molecule has 38 heavy (non-hydrogen) atoms. The number of fused-ring (bicyclic) bond motifs is 1. The summed E-state index contributed by atoms with van der Waals surface area (Å²) in [6, 6.07) is 17.7. The molecule has 0 N–H and O–H groups in total. The molecule has 0 amide bonds. The molecule has 0 aliphatic heterocycles. The number of rotatable bonds is 5. The number of carbonyl (C=O) groups excluding carboxylic acids is 1. The van der Waals surface area contributed by atoms with Crippen LogP contribution in [-0.2, 0) is 10.9 Å². The number of hydrogen-bond donors (Lipinski definition) is 0. The van der Waals surface area contributed by atoms with Gasteiger partial charge in [0.15, 0.2) is 0 Å². The van der Waals surface area contributed by atoms with E-state index < -0.39 is 17.7 Å². The molecule has 5 rings (SSSR count). The largest absolute Gasteiger partial charge is 0.465 e. The Morgan fingerprint density at radius 2 is 1.76 bits per heavy atom. The fourth-order valence-electron chi connectivity index (χ4n) is 4.28. The predicted molar refractivity (Wildman–Crippen MR) is 135 cm³/mol. The van der Waals surface area contributed by atoms with Crippen LogP contribution in [0.3, 0.4) is 0 Å². The fourth-order valence-corrected chi connectivity index (χ4v) is 4.28. The molecule has 0 fully saturated rings. The highest BCUT2D eigenvalue weighted by Gasteiger charge is 2.30. The van der Waals surface area contributed by atoms with E-state index in [2.05, 4.69) is 10.1 Å². The van der Waals surface area contributed by atoms with E-state index in [9.17, 15) is 22.8 Å². The number of nitrogens with zero attached hydrogens (tertiary/aromatic N) is 4. The van der Waals surface area contributed by atoms with Crippen LogP contribution in [0.5, 0.6) is 0 Å². The second-order valence-corrected chi connectivity index (χ2v) is 8.62. The number of halogens is 3. The van der Waals surface area contributed by atoms with E-state index in [0.717, 1.165) is 17.8 Å². The van der Waals surface area contributed by atoms with Crippen LogP contribution in [0.2, 0.25) is 0 Å². The molecule has 3 heterocycles. The minimum absolute atomic E-state index is 0.249. The number of pyridine rings is 2. The Hall–Kier alpha value is -4.73. The van der Waals surface area contributed by atoms with Crippen LogP contribution in [0.4, 0.5) is 13.2 Å². The van der Waals surface area contributed by atoms with Crippen molar-refractivity contribution in [2.24, 2.45) is 0 Å². The van der Waals surface area contributed by atoms with Crippen molar-refractivity contribution in [2.75, 3.05) is 7.11 Å². The van der Waals surface area contributed by atoms with Crippen LogP contribution >= 0.6 is 0 Å². The minimum Gasteiger partial charge on any atom is -0.465 e. The van der Waals surface area contributed by atoms with Gasteiger partial charge in [0, 0.05) is 29.4 Å². The van der Waals surface area contributed by atoms with Crippen LogP contribution in [0, 0.1) is 0 Å². The SMILES string of the molecule is COC(=O)c1ccc2c(-c3ccn([C@@H](C)c4ccccn4)c(=O)c3)nn(-c3ccc(C(F)(F)F)cc3)c2c1. The molecule has 10 heteroatoms. The van der Waals surface area contributed by atoms with Crippen molar-refractivity contribution in [3.05, 3.63) is 112 Å². The van der Waals surface area contributed by atoms with Gasteiger partial charge in [-0.15, -0.1) is 0 Å². The molecule has 0 radical (unpaired) electrons. The van der Waals surface area contributed by atoms with Gasteiger partial charge in [-0.25, -0.2) is 9.48 Å². The van der Waals surface area contributed by atoms with Gasteiger partial charge in [0.1, 0.15) is 5.69 Å². The van der Waals surface area contributed by atoms with Crippen LogP contribution in [0.15, 0.2) is 90.0 Å². The molecule has 0 unspecified atom stereocenters. The molecule has 0 aliphatic rings. The van der Waals surface area contributed by atoms with Gasteiger partial charge in [-0.2, -0.15) is 18.3 Å². The summed E-state index contributed by atoms with van der Waals surface area (Å²) in [4.78, 5) is 29.6. The van der Waals surface area contributed by atoms with E-state index in [1.54, 1.807) is 47.3 Å². The summed E-state index contributed by atoms with van der Waals surface area (Å²) >= 11 is 0. The number of alkyl halides is 3. The third-order valence-electron chi connectivity index (χ3n) is 6.30. The van der Waals surface area contributed by atoms with Gasteiger partial charge < -0.3 is 9.30 Å². The van der Waals surface area contributed by atoms with Gasteiger partial charge in [-0.05, 0) is 67.6 Å². The highest BCUT2D eigenvalue weighted by atomic mass is 19.4. The second kappa shape index (κ2) is 9.62. The zero-order valence-electron chi connectivity index (χ0n) is 20.3. The molecule has 2 aromatic carbocycles. The Morgan fingerprint density at radius 3 is 2.39 bits per heavy atom. The third-order valence-corrected chi connectivity index (χ3v) is 6.30. The molecule has 7 nitrogen and oxygen atoms in total. The summed E-state index contributed by atoms with van der Waals surface area (Å²) < 4.78 is 47.1. The highest BCUT2D eigenvalue weighted by molar-refractivity contribution is 5.99. The molecule has 192 valence electrons. The van der Waals surface area contributed by atoms with Crippen molar-refractivity contribution < 1.29 is 22.7 Å². The number of aromatic nitrogens is 4. The van der Waals surface area contributed by atoms with Crippen molar-refractivity contribution in [1.29, 1.82) is 0 Å². The topological polar surface area (TPSA) is 79.0 Å². The highest BCUT2D eigenvalue weighted by Crippen LogP contribution is 2.33. The van der Waals surface area contributed by atoms with E-state index in [-0.39, 0.29) is 17.2 Å². The minimum atomic E-state index is -4.48. The molecule has 0 aliphatic carbocycles. The first-order valence-corrected chi connectivity index (χ1v) is 11.6. The first-order valence-electron chi connectivity index (χ1n) is 11.6. The first kappa shape index (κ1) is 24.9. The summed E-state index contributed by atoms with van der Waals surface area (Å²) in [6.07, 6.45) is -1.17. The lowest BCUT2D eigenvalue weighted by molar-refractivity contribution is -0.137. The molecule has 0 bridgehead atoms. The van der Waals surface area contributed by atoms with Crippen LogP contribution in [0.1, 0.15) is 34.6 Å². The van der Waals surface area contributed by atoms with Crippen molar-refractivity contribution in [3.63, 3.8) is 0 Å². The van der Waals surface area contributed by atoms with E-state index in [0.29, 0.717) is 27.8 Å². The zero-order valence-corrected chi connectivity index (χ0v) is 20.3. The van der Waals surface area contributed by atoms with Crippen molar-refractivity contribution in [3.8, 4) is 16.9 Å². The summed E-state index contributed by atoms with van der Waals surface area (Å²) in [5, 5.41) is 5.25. The number of carbonyl (C=O) groups is 1. The molecular weight excluding hydrogens is 497 g/mol. The lowest BCUT2D eigenvalue weighted by atomic mass is 10.1. The molecule has 5 aromatic rings. The van der Waals surface area contributed by atoms with E-state index in [4.69, 9.17) is 4.74 Å². The summed E-state index contributed by atoms with van der Waals surface area (Å²) in [5.41, 5.74) is 1.69. The lowest BCUT2D eigenvalue weighted by Gasteiger charge is -2.14. The normalized spacial score (nSPS) is 12.4. The smallest absolute Gasteiger partial charge is 0.416 e. The van der Waals surface area contributed by atoms with Gasteiger partial charge in [0.2, 0.25) is 0 Å². The standard InChI is InChI=1S/C28H21F3N4O3/c1-17(23-5-3-4-13-32-23)34-14-12-18(16-25(34)36)26-22-11-6-19(27(37)38-2)15-24(22)35(33-26)21-9-7-20(8-10-21)28(29,30)31/h3-17H,1-2H3/t17-/m0/s1. The lowest BCUT2D eigenvalue weighted by Crippen LogP contribution is -2.23. The molecular formula is C28H21F3N4O3. The monoisotopic (exact) mass is 518 g/mol. The number of benzene rings is 2. The van der Waals surface area contributed by atoms with E-state index >= 15 is 0 Å². The van der Waals surface area contributed by atoms with Crippen molar-refractivity contribution in [1.82, 2.24) is 19.3 Å². The summed E-state index contributed by atoms with van der Waals surface area (Å²) in [6.45, 7) is 1.87. The molecule has 0 saturated carbocycles. The summed E-state index contributed by atoms with van der Waals surface area (Å²) in [5.74, 6) is -0.570. The van der Waals surface area contributed by atoms with Gasteiger partial charge in [0.05, 0.1) is 41.2 Å². The van der Waals surface area contributed by atoms with Crippen molar-refractivity contribution in [2.45, 2.75) is 19.1 Å². The molecule has 1 atom stereocenters. The van der Waals surface area contributed by atoms with Crippen molar-refractivity contribution >= 4 is 16.9 Å². The number of ether oxygens (including phenoxy) is 1. The third kappa shape index (κ3) is 4.56. The Labute approximate surface area is 214 Å². The van der Waals surface area contributed by atoms with E-state index in [1.807, 2.05) is 19.1 Å². The summed E-state index contributed by atoms with van der Waals surface area (Å²) in [7, 11) is 1.26. The first-order chi connectivity index (χ1) is 18.2. The molecule has 3 aromatic heterocycles. The number of hydrogen-bond acceptors (Lipinski definition) is 5. The molecule has 0 spiro atoms. The Morgan fingerprint density at radius 1 is 1.00 bits per heavy atom. The average molecular weight is 518 g/mol. The maximum absolute atomic E-state index is 13.1. The Kier molecular flexibility index (Phi) is 6.31. The van der Waals surface area contributed by atoms with Crippen LogP contribution < -0.4 is 5.56 Å². The average Bonchev–Trinajstić information content (AvgIpc) is 3.31. The quantitative estimate of drug-likeness (QED) is 0.281.